The van der Waals surface area contributed by atoms with Crippen LogP contribution in [0.1, 0.15) is 19.8 Å². The van der Waals surface area contributed by atoms with Gasteiger partial charge in [-0.05, 0) is 53.7 Å². The number of hydrogen-bond donors (Lipinski definition) is 1. The summed E-state index contributed by atoms with van der Waals surface area (Å²) in [6, 6.07) is 7.60. The number of rotatable bonds is 5. The number of carbonyl (C=O) groups is 1. The minimum Gasteiger partial charge on any atom is -0.464 e. The number of carbonyl (C=O) groups excluding carboxylic acids is 1. The van der Waals surface area contributed by atoms with Crippen LogP contribution < -0.4 is 5.32 Å². The van der Waals surface area contributed by atoms with E-state index in [2.05, 4.69) is 21.2 Å². The Hall–Kier alpha value is -1.03. The van der Waals surface area contributed by atoms with Crippen LogP contribution in [0.4, 0.5) is 5.69 Å². The van der Waals surface area contributed by atoms with Gasteiger partial charge in [-0.15, -0.1) is 0 Å². The van der Waals surface area contributed by atoms with Crippen molar-refractivity contribution < 1.29 is 9.53 Å². The van der Waals surface area contributed by atoms with Crippen molar-refractivity contribution in [2.75, 3.05) is 11.9 Å². The SMILES string of the molecule is CCOC(=O)C(Nc1ccccc1Br)C1CC1. The highest BCUT2D eigenvalue weighted by atomic mass is 79.9. The molecule has 92 valence electrons. The number of ether oxygens (including phenoxy) is 1. The quantitative estimate of drug-likeness (QED) is 0.848. The van der Waals surface area contributed by atoms with Crippen LogP contribution in [0.3, 0.4) is 0 Å². The van der Waals surface area contributed by atoms with E-state index in [9.17, 15) is 4.79 Å². The molecular formula is C13H16BrNO2. The van der Waals surface area contributed by atoms with E-state index in [4.69, 9.17) is 4.74 Å². The molecule has 3 nitrogen and oxygen atoms in total. The zero-order chi connectivity index (χ0) is 12.3. The lowest BCUT2D eigenvalue weighted by Gasteiger charge is -2.18. The number of hydrogen-bond acceptors (Lipinski definition) is 3. The highest BCUT2D eigenvalue weighted by Crippen LogP contribution is 2.36. The Kier molecular flexibility index (Phi) is 4.05. The van der Waals surface area contributed by atoms with E-state index in [1.165, 1.54) is 0 Å². The van der Waals surface area contributed by atoms with Gasteiger partial charge in [-0.2, -0.15) is 0 Å². The summed E-state index contributed by atoms with van der Waals surface area (Å²) in [4.78, 5) is 11.8. The average Bonchev–Trinajstić information content (AvgIpc) is 3.12. The number of anilines is 1. The molecule has 0 aromatic heterocycles. The van der Waals surface area contributed by atoms with Crippen LogP contribution in [0.5, 0.6) is 0 Å². The number of benzene rings is 1. The predicted octanol–water partition coefficient (Wildman–Crippen LogP) is 3.20. The minimum atomic E-state index is -0.214. The molecule has 0 spiro atoms. The van der Waals surface area contributed by atoms with E-state index < -0.39 is 0 Å². The van der Waals surface area contributed by atoms with Crippen molar-refractivity contribution in [2.45, 2.75) is 25.8 Å². The standard InChI is InChI=1S/C13H16BrNO2/c1-2-17-13(16)12(9-7-8-9)15-11-6-4-3-5-10(11)14/h3-6,9,12,15H,2,7-8H2,1H3. The second-order valence-electron chi connectivity index (χ2n) is 4.19. The Morgan fingerprint density at radius 2 is 2.24 bits per heavy atom. The lowest BCUT2D eigenvalue weighted by molar-refractivity contribution is -0.144. The molecule has 1 unspecified atom stereocenters. The van der Waals surface area contributed by atoms with Crippen molar-refractivity contribution in [3.63, 3.8) is 0 Å². The van der Waals surface area contributed by atoms with Gasteiger partial charge in [-0.25, -0.2) is 4.79 Å². The van der Waals surface area contributed by atoms with Gasteiger partial charge >= 0.3 is 5.97 Å². The highest BCUT2D eigenvalue weighted by molar-refractivity contribution is 9.10. The van der Waals surface area contributed by atoms with Gasteiger partial charge in [0.1, 0.15) is 6.04 Å². The molecule has 2 rings (SSSR count). The lowest BCUT2D eigenvalue weighted by atomic mass is 10.1. The van der Waals surface area contributed by atoms with Crippen molar-refractivity contribution >= 4 is 27.6 Å². The van der Waals surface area contributed by atoms with Gasteiger partial charge in [0.15, 0.2) is 0 Å². The zero-order valence-corrected chi connectivity index (χ0v) is 11.4. The van der Waals surface area contributed by atoms with Crippen LogP contribution in [0.2, 0.25) is 0 Å². The molecule has 4 heteroatoms. The highest BCUT2D eigenvalue weighted by Gasteiger charge is 2.37. The monoisotopic (exact) mass is 297 g/mol. The fraction of sp³-hybridized carbons (Fsp3) is 0.462. The van der Waals surface area contributed by atoms with Gasteiger partial charge in [0.25, 0.3) is 0 Å². The maximum Gasteiger partial charge on any atom is 0.328 e. The normalized spacial score (nSPS) is 16.4. The van der Waals surface area contributed by atoms with Gasteiger partial charge in [-0.3, -0.25) is 0 Å². The largest absolute Gasteiger partial charge is 0.464 e. The summed E-state index contributed by atoms with van der Waals surface area (Å²) < 4.78 is 6.07. The third-order valence-corrected chi connectivity index (χ3v) is 3.51. The van der Waals surface area contributed by atoms with E-state index in [0.29, 0.717) is 12.5 Å². The van der Waals surface area contributed by atoms with Crippen molar-refractivity contribution in [3.05, 3.63) is 28.7 Å². The fourth-order valence-corrected chi connectivity index (χ4v) is 2.18. The third-order valence-electron chi connectivity index (χ3n) is 2.82. The molecule has 0 saturated heterocycles. The number of para-hydroxylation sites is 1. The van der Waals surface area contributed by atoms with Crippen molar-refractivity contribution in [1.82, 2.24) is 0 Å². The number of esters is 1. The van der Waals surface area contributed by atoms with E-state index in [1.54, 1.807) is 0 Å². The molecule has 1 N–H and O–H groups in total. The molecule has 1 aromatic carbocycles. The molecule has 0 radical (unpaired) electrons. The maximum atomic E-state index is 11.8. The summed E-state index contributed by atoms with van der Waals surface area (Å²) in [6.07, 6.45) is 2.20. The Morgan fingerprint density at radius 3 is 2.82 bits per heavy atom. The first-order valence-electron chi connectivity index (χ1n) is 5.90. The fourth-order valence-electron chi connectivity index (χ4n) is 1.78. The number of halogens is 1. The van der Waals surface area contributed by atoms with Gasteiger partial charge in [0.05, 0.1) is 6.61 Å². The van der Waals surface area contributed by atoms with E-state index in [0.717, 1.165) is 23.0 Å². The van der Waals surface area contributed by atoms with Crippen LogP contribution in [0, 0.1) is 5.92 Å². The summed E-state index contributed by atoms with van der Waals surface area (Å²) >= 11 is 3.47. The molecule has 1 saturated carbocycles. The Morgan fingerprint density at radius 1 is 1.53 bits per heavy atom. The van der Waals surface area contributed by atoms with Gasteiger partial charge in [-0.1, -0.05) is 12.1 Å². The second-order valence-corrected chi connectivity index (χ2v) is 5.05. The molecule has 1 fully saturated rings. The Balaban J connectivity index is 2.08. The van der Waals surface area contributed by atoms with Crippen molar-refractivity contribution in [3.8, 4) is 0 Å². The smallest absolute Gasteiger partial charge is 0.328 e. The van der Waals surface area contributed by atoms with Crippen LogP contribution in [0.25, 0.3) is 0 Å². The van der Waals surface area contributed by atoms with E-state index in [1.807, 2.05) is 31.2 Å². The molecule has 1 aliphatic carbocycles. The number of nitrogens with one attached hydrogen (secondary N) is 1. The summed E-state index contributed by atoms with van der Waals surface area (Å²) in [5.74, 6) is 0.270. The molecular weight excluding hydrogens is 282 g/mol. The third kappa shape index (κ3) is 3.22. The molecule has 0 bridgehead atoms. The van der Waals surface area contributed by atoms with Crippen molar-refractivity contribution in [1.29, 1.82) is 0 Å². The minimum absolute atomic E-state index is 0.147. The maximum absolute atomic E-state index is 11.8. The topological polar surface area (TPSA) is 38.3 Å². The van der Waals surface area contributed by atoms with E-state index in [-0.39, 0.29) is 12.0 Å². The summed E-state index contributed by atoms with van der Waals surface area (Å²) in [6.45, 7) is 2.26. The van der Waals surface area contributed by atoms with Gasteiger partial charge in [0, 0.05) is 10.2 Å². The van der Waals surface area contributed by atoms with Crippen LogP contribution in [0.15, 0.2) is 28.7 Å². The van der Waals surface area contributed by atoms with Gasteiger partial charge < -0.3 is 10.1 Å². The molecule has 17 heavy (non-hydrogen) atoms. The first kappa shape index (κ1) is 12.4. The second kappa shape index (κ2) is 5.54. The molecule has 0 heterocycles. The lowest BCUT2D eigenvalue weighted by Crippen LogP contribution is -2.33. The first-order chi connectivity index (χ1) is 8.22. The van der Waals surface area contributed by atoms with E-state index >= 15 is 0 Å². The first-order valence-corrected chi connectivity index (χ1v) is 6.69. The molecule has 1 atom stereocenters. The van der Waals surface area contributed by atoms with Gasteiger partial charge in [0.2, 0.25) is 0 Å². The Labute approximate surface area is 110 Å². The average molecular weight is 298 g/mol. The molecule has 0 aliphatic heterocycles. The predicted molar refractivity (Wildman–Crippen MR) is 70.9 cm³/mol. The Bertz CT molecular complexity index is 404. The summed E-state index contributed by atoms with van der Waals surface area (Å²) in [5.41, 5.74) is 0.942. The molecule has 1 aromatic rings. The molecule has 0 amide bonds. The summed E-state index contributed by atoms with van der Waals surface area (Å²) in [7, 11) is 0. The summed E-state index contributed by atoms with van der Waals surface area (Å²) in [5, 5.41) is 3.27. The zero-order valence-electron chi connectivity index (χ0n) is 9.78. The van der Waals surface area contributed by atoms with Crippen LogP contribution in [-0.2, 0) is 9.53 Å². The van der Waals surface area contributed by atoms with Crippen molar-refractivity contribution in [2.24, 2.45) is 5.92 Å². The van der Waals surface area contributed by atoms with Crippen LogP contribution >= 0.6 is 15.9 Å². The van der Waals surface area contributed by atoms with Crippen LogP contribution in [-0.4, -0.2) is 18.6 Å². The molecule has 1 aliphatic rings.